The molecule has 2 rings (SSSR count). The molecule has 0 saturated heterocycles. The molecule has 19 heavy (non-hydrogen) atoms. The van der Waals surface area contributed by atoms with Gasteiger partial charge < -0.3 is 5.32 Å². The summed E-state index contributed by atoms with van der Waals surface area (Å²) < 4.78 is 14.6. The third kappa shape index (κ3) is 3.41. The number of hydrogen-bond donors (Lipinski definition) is 1. The Morgan fingerprint density at radius 1 is 1.26 bits per heavy atom. The van der Waals surface area contributed by atoms with Gasteiger partial charge in [-0.3, -0.25) is 4.79 Å². The van der Waals surface area contributed by atoms with Crippen molar-refractivity contribution in [2.24, 2.45) is 0 Å². The molecular weight excluding hydrogens is 309 g/mol. The Balaban J connectivity index is 2.08. The van der Waals surface area contributed by atoms with Gasteiger partial charge in [0.05, 0.1) is 5.56 Å². The molecule has 0 fully saturated rings. The molecule has 2 aromatic carbocycles. The number of halogens is 2. The maximum Gasteiger partial charge on any atom is 0.254 e. The van der Waals surface area contributed by atoms with Crippen LogP contribution < -0.4 is 5.32 Å². The van der Waals surface area contributed by atoms with E-state index in [-0.39, 0.29) is 5.56 Å². The smallest absolute Gasteiger partial charge is 0.254 e. The van der Waals surface area contributed by atoms with Crippen LogP contribution in [0.1, 0.15) is 21.5 Å². The number of benzene rings is 2. The first-order chi connectivity index (χ1) is 9.08. The van der Waals surface area contributed by atoms with Crippen LogP contribution in [0.2, 0.25) is 0 Å². The highest BCUT2D eigenvalue weighted by Crippen LogP contribution is 2.16. The Kier molecular flexibility index (Phi) is 4.32. The summed E-state index contributed by atoms with van der Waals surface area (Å²) in [5, 5.41) is 2.71. The maximum absolute atomic E-state index is 13.6. The molecular formula is C15H13BrFNO. The normalized spacial score (nSPS) is 10.3. The quantitative estimate of drug-likeness (QED) is 0.914. The van der Waals surface area contributed by atoms with Crippen molar-refractivity contribution in [1.29, 1.82) is 0 Å². The summed E-state index contributed by atoms with van der Waals surface area (Å²) in [4.78, 5) is 11.9. The summed E-state index contributed by atoms with van der Waals surface area (Å²) in [6, 6.07) is 12.2. The van der Waals surface area contributed by atoms with E-state index in [0.717, 1.165) is 15.6 Å². The van der Waals surface area contributed by atoms with Crippen molar-refractivity contribution in [1.82, 2.24) is 5.32 Å². The molecule has 98 valence electrons. The summed E-state index contributed by atoms with van der Waals surface area (Å²) in [5.41, 5.74) is 1.81. The van der Waals surface area contributed by atoms with Gasteiger partial charge in [0, 0.05) is 11.0 Å². The molecule has 0 aliphatic rings. The minimum absolute atomic E-state index is 0.0673. The summed E-state index contributed by atoms with van der Waals surface area (Å²) in [6.45, 7) is 2.14. The van der Waals surface area contributed by atoms with E-state index in [1.54, 1.807) is 13.0 Å². The molecule has 0 atom stereocenters. The van der Waals surface area contributed by atoms with Gasteiger partial charge in [-0.25, -0.2) is 4.39 Å². The maximum atomic E-state index is 13.6. The van der Waals surface area contributed by atoms with Crippen molar-refractivity contribution in [2.45, 2.75) is 13.5 Å². The largest absolute Gasteiger partial charge is 0.348 e. The summed E-state index contributed by atoms with van der Waals surface area (Å²) in [5.74, 6) is -0.905. The van der Waals surface area contributed by atoms with Gasteiger partial charge in [-0.05, 0) is 36.2 Å². The highest BCUT2D eigenvalue weighted by molar-refractivity contribution is 9.10. The van der Waals surface area contributed by atoms with Crippen LogP contribution in [-0.4, -0.2) is 5.91 Å². The Bertz CT molecular complexity index is 613. The van der Waals surface area contributed by atoms with E-state index in [1.165, 1.54) is 12.1 Å². The van der Waals surface area contributed by atoms with E-state index in [1.807, 2.05) is 24.3 Å². The number of carbonyl (C=O) groups is 1. The van der Waals surface area contributed by atoms with E-state index >= 15 is 0 Å². The third-order valence-electron chi connectivity index (χ3n) is 2.77. The van der Waals surface area contributed by atoms with Crippen LogP contribution in [0.15, 0.2) is 46.9 Å². The molecule has 0 heterocycles. The second kappa shape index (κ2) is 5.97. The monoisotopic (exact) mass is 321 g/mol. The van der Waals surface area contributed by atoms with Crippen molar-refractivity contribution < 1.29 is 9.18 Å². The Hall–Kier alpha value is -1.68. The molecule has 0 aromatic heterocycles. The van der Waals surface area contributed by atoms with Crippen molar-refractivity contribution in [3.8, 4) is 0 Å². The fourth-order valence-electron chi connectivity index (χ4n) is 1.72. The first kappa shape index (κ1) is 13.7. The molecule has 4 heteroatoms. The fourth-order valence-corrected chi connectivity index (χ4v) is 2.14. The van der Waals surface area contributed by atoms with Gasteiger partial charge in [0.15, 0.2) is 0 Å². The topological polar surface area (TPSA) is 29.1 Å². The molecule has 0 aliphatic heterocycles. The fraction of sp³-hybridized carbons (Fsp3) is 0.133. The van der Waals surface area contributed by atoms with Gasteiger partial charge >= 0.3 is 0 Å². The lowest BCUT2D eigenvalue weighted by Gasteiger charge is -2.08. The van der Waals surface area contributed by atoms with E-state index in [2.05, 4.69) is 21.2 Å². The van der Waals surface area contributed by atoms with Crippen LogP contribution in [-0.2, 0) is 6.54 Å². The molecule has 1 N–H and O–H groups in total. The van der Waals surface area contributed by atoms with Crippen LogP contribution in [0.4, 0.5) is 4.39 Å². The molecule has 2 nitrogen and oxygen atoms in total. The highest BCUT2D eigenvalue weighted by Gasteiger charge is 2.11. The van der Waals surface area contributed by atoms with E-state index in [9.17, 15) is 9.18 Å². The second-order valence-electron chi connectivity index (χ2n) is 4.26. The molecule has 0 spiro atoms. The minimum Gasteiger partial charge on any atom is -0.348 e. The lowest BCUT2D eigenvalue weighted by Crippen LogP contribution is -2.24. The Labute approximate surface area is 119 Å². The zero-order valence-corrected chi connectivity index (χ0v) is 12.0. The van der Waals surface area contributed by atoms with Crippen molar-refractivity contribution in [3.63, 3.8) is 0 Å². The number of aryl methyl sites for hydroxylation is 1. The lowest BCUT2D eigenvalue weighted by molar-refractivity contribution is 0.0947. The van der Waals surface area contributed by atoms with Crippen LogP contribution >= 0.6 is 15.9 Å². The minimum atomic E-state index is -0.496. The molecule has 0 radical (unpaired) electrons. The number of rotatable bonds is 3. The van der Waals surface area contributed by atoms with E-state index in [0.29, 0.717) is 6.54 Å². The standard InChI is InChI=1S/C15H13BrFNO/c1-10-6-7-12(14(17)8-10)15(19)18-9-11-4-2-3-5-13(11)16/h2-8H,9H2,1H3,(H,18,19). The van der Waals surface area contributed by atoms with E-state index < -0.39 is 11.7 Å². The number of nitrogens with one attached hydrogen (secondary N) is 1. The predicted octanol–water partition coefficient (Wildman–Crippen LogP) is 3.83. The average Bonchev–Trinajstić information content (AvgIpc) is 2.37. The van der Waals surface area contributed by atoms with Gasteiger partial charge in [-0.15, -0.1) is 0 Å². The van der Waals surface area contributed by atoms with Gasteiger partial charge in [0.25, 0.3) is 5.91 Å². The summed E-state index contributed by atoms with van der Waals surface area (Å²) >= 11 is 3.40. The molecule has 0 saturated carbocycles. The average molecular weight is 322 g/mol. The van der Waals surface area contributed by atoms with Gasteiger partial charge in [0.2, 0.25) is 0 Å². The summed E-state index contributed by atoms with van der Waals surface area (Å²) in [6.07, 6.45) is 0. The van der Waals surface area contributed by atoms with Crippen molar-refractivity contribution >= 4 is 21.8 Å². The van der Waals surface area contributed by atoms with Crippen molar-refractivity contribution in [2.75, 3.05) is 0 Å². The van der Waals surface area contributed by atoms with Gasteiger partial charge in [-0.1, -0.05) is 40.2 Å². The molecule has 0 unspecified atom stereocenters. The zero-order valence-electron chi connectivity index (χ0n) is 10.4. The van der Waals surface area contributed by atoms with E-state index in [4.69, 9.17) is 0 Å². The molecule has 1 amide bonds. The van der Waals surface area contributed by atoms with Crippen LogP contribution in [0.3, 0.4) is 0 Å². The molecule has 0 aliphatic carbocycles. The van der Waals surface area contributed by atoms with Gasteiger partial charge in [-0.2, -0.15) is 0 Å². The SMILES string of the molecule is Cc1ccc(C(=O)NCc2ccccc2Br)c(F)c1. The number of amides is 1. The van der Waals surface area contributed by atoms with Crippen LogP contribution in [0.25, 0.3) is 0 Å². The first-order valence-corrected chi connectivity index (χ1v) is 6.65. The number of carbonyl (C=O) groups excluding carboxylic acids is 1. The van der Waals surface area contributed by atoms with Crippen molar-refractivity contribution in [3.05, 3.63) is 69.4 Å². The van der Waals surface area contributed by atoms with Crippen LogP contribution in [0.5, 0.6) is 0 Å². The number of hydrogen-bond acceptors (Lipinski definition) is 1. The van der Waals surface area contributed by atoms with Crippen LogP contribution in [0, 0.1) is 12.7 Å². The first-order valence-electron chi connectivity index (χ1n) is 5.85. The third-order valence-corrected chi connectivity index (χ3v) is 3.54. The highest BCUT2D eigenvalue weighted by atomic mass is 79.9. The Morgan fingerprint density at radius 2 is 2.00 bits per heavy atom. The Morgan fingerprint density at radius 3 is 2.68 bits per heavy atom. The lowest BCUT2D eigenvalue weighted by atomic mass is 10.1. The zero-order chi connectivity index (χ0) is 13.8. The molecule has 0 bridgehead atoms. The molecule has 2 aromatic rings. The predicted molar refractivity (Wildman–Crippen MR) is 76.4 cm³/mol. The van der Waals surface area contributed by atoms with Gasteiger partial charge in [0.1, 0.15) is 5.82 Å². The second-order valence-corrected chi connectivity index (χ2v) is 5.11. The summed E-state index contributed by atoms with van der Waals surface area (Å²) in [7, 11) is 0.